The van der Waals surface area contributed by atoms with Crippen LogP contribution in [0.1, 0.15) is 47.5 Å². The topological polar surface area (TPSA) is 84.5 Å². The molecule has 0 saturated carbocycles. The largest absolute Gasteiger partial charge is 0.494 e. The van der Waals surface area contributed by atoms with Gasteiger partial charge in [-0.15, -0.1) is 0 Å². The van der Waals surface area contributed by atoms with Gasteiger partial charge >= 0.3 is 0 Å². The highest BCUT2D eigenvalue weighted by atomic mass is 16.9. The van der Waals surface area contributed by atoms with Crippen molar-refractivity contribution in [2.24, 2.45) is 0 Å². The third kappa shape index (κ3) is 4.48. The minimum absolute atomic E-state index is 0.322. The summed E-state index contributed by atoms with van der Waals surface area (Å²) in [7, 11) is 0. The minimum Gasteiger partial charge on any atom is -0.494 e. The Morgan fingerprint density at radius 1 is 0.967 bits per heavy atom. The van der Waals surface area contributed by atoms with Crippen LogP contribution in [-0.2, 0) is 28.5 Å². The molecule has 3 fully saturated rings. The maximum atomic E-state index is 13.1. The molecule has 4 rings (SSSR count). The van der Waals surface area contributed by atoms with Crippen LogP contribution in [0.3, 0.4) is 0 Å². The van der Waals surface area contributed by atoms with Crippen LogP contribution in [0.4, 0.5) is 5.69 Å². The minimum atomic E-state index is -0.893. The third-order valence-corrected chi connectivity index (χ3v) is 5.30. The number of carbonyl (C=O) groups is 1. The van der Waals surface area contributed by atoms with Gasteiger partial charge in [0, 0.05) is 5.69 Å². The highest BCUT2D eigenvalue weighted by Gasteiger charge is 2.62. The maximum Gasteiger partial charge on any atom is 0.256 e. The Kier molecular flexibility index (Phi) is 5.80. The van der Waals surface area contributed by atoms with Gasteiger partial charge in [-0.05, 0) is 58.4 Å². The van der Waals surface area contributed by atoms with E-state index >= 15 is 0 Å². The molecule has 8 nitrogen and oxygen atoms in total. The van der Waals surface area contributed by atoms with Crippen molar-refractivity contribution >= 4 is 11.6 Å². The molecular formula is C22H31NO7. The number of hydrogen-bond donors (Lipinski definition) is 1. The van der Waals surface area contributed by atoms with E-state index in [1.54, 1.807) is 12.1 Å². The van der Waals surface area contributed by atoms with E-state index in [0.29, 0.717) is 12.3 Å². The van der Waals surface area contributed by atoms with Crippen LogP contribution in [0.25, 0.3) is 0 Å². The van der Waals surface area contributed by atoms with Gasteiger partial charge < -0.3 is 33.7 Å². The normalized spacial score (nSPS) is 33.6. The zero-order valence-electron chi connectivity index (χ0n) is 18.2. The number of nitrogens with one attached hydrogen (secondary N) is 1. The average Bonchev–Trinajstić information content (AvgIpc) is 3.16. The summed E-state index contributed by atoms with van der Waals surface area (Å²) >= 11 is 0. The quantitative estimate of drug-likeness (QED) is 0.706. The van der Waals surface area contributed by atoms with Gasteiger partial charge in [0.2, 0.25) is 0 Å². The molecule has 0 aromatic heterocycles. The summed E-state index contributed by atoms with van der Waals surface area (Å²) in [5.41, 5.74) is 0.646. The van der Waals surface area contributed by atoms with Crippen LogP contribution in [0, 0.1) is 0 Å². The molecule has 0 bridgehead atoms. The van der Waals surface area contributed by atoms with E-state index in [1.165, 1.54) is 0 Å². The molecule has 1 aromatic rings. The average molecular weight is 421 g/mol. The van der Waals surface area contributed by atoms with Crippen molar-refractivity contribution in [3.63, 3.8) is 0 Å². The van der Waals surface area contributed by atoms with E-state index in [0.717, 1.165) is 18.6 Å². The number of hydrogen-bond acceptors (Lipinski definition) is 7. The molecule has 0 spiro atoms. The molecule has 3 aliphatic heterocycles. The van der Waals surface area contributed by atoms with Crippen LogP contribution in [0.2, 0.25) is 0 Å². The van der Waals surface area contributed by atoms with Crippen LogP contribution in [0.15, 0.2) is 24.3 Å². The summed E-state index contributed by atoms with van der Waals surface area (Å²) in [6, 6.07) is 7.27. The predicted octanol–water partition coefficient (Wildman–Crippen LogP) is 3.20. The van der Waals surface area contributed by atoms with Gasteiger partial charge in [-0.3, -0.25) is 4.79 Å². The molecule has 5 atom stereocenters. The number of amides is 1. The number of ether oxygens (including phenoxy) is 6. The molecule has 3 saturated heterocycles. The standard InChI is InChI=1S/C22H31NO7/c1-6-7-12-25-14-10-8-13(9-11-14)23-19(24)17-15-16(28-21(2,3)27-15)18-20(26-17)30-22(4,5)29-18/h8-11,15-18,20H,6-7,12H2,1-5H3,(H,23,24)/t15-,16+,17-,18-,20+/m1/s1. The molecule has 166 valence electrons. The Labute approximate surface area is 177 Å². The Balaban J connectivity index is 1.45. The van der Waals surface area contributed by atoms with Gasteiger partial charge in [0.25, 0.3) is 5.91 Å². The Bertz CT molecular complexity index is 763. The van der Waals surface area contributed by atoms with E-state index < -0.39 is 42.3 Å². The summed E-state index contributed by atoms with van der Waals surface area (Å²) < 4.78 is 35.5. The summed E-state index contributed by atoms with van der Waals surface area (Å²) in [6.45, 7) is 10.0. The molecule has 3 heterocycles. The fourth-order valence-electron chi connectivity index (χ4n) is 4.01. The van der Waals surface area contributed by atoms with Gasteiger partial charge in [0.05, 0.1) is 6.61 Å². The van der Waals surface area contributed by atoms with Crippen LogP contribution in [-0.4, -0.2) is 54.8 Å². The number of anilines is 1. The smallest absolute Gasteiger partial charge is 0.256 e. The number of unbranched alkanes of at least 4 members (excludes halogenated alkanes) is 1. The highest BCUT2D eigenvalue weighted by molar-refractivity contribution is 5.94. The second kappa shape index (κ2) is 8.09. The first-order valence-corrected chi connectivity index (χ1v) is 10.6. The van der Waals surface area contributed by atoms with Crippen molar-refractivity contribution in [2.75, 3.05) is 11.9 Å². The molecule has 3 aliphatic rings. The number of rotatable bonds is 6. The zero-order chi connectivity index (χ0) is 21.5. The lowest BCUT2D eigenvalue weighted by molar-refractivity contribution is -0.229. The lowest BCUT2D eigenvalue weighted by Crippen LogP contribution is -2.58. The molecule has 1 N–H and O–H groups in total. The van der Waals surface area contributed by atoms with Crippen molar-refractivity contribution in [1.29, 1.82) is 0 Å². The van der Waals surface area contributed by atoms with E-state index in [-0.39, 0.29) is 5.91 Å². The molecule has 30 heavy (non-hydrogen) atoms. The molecule has 1 aromatic carbocycles. The van der Waals surface area contributed by atoms with Crippen molar-refractivity contribution < 1.29 is 33.2 Å². The van der Waals surface area contributed by atoms with Crippen LogP contribution < -0.4 is 10.1 Å². The Morgan fingerprint density at radius 3 is 2.30 bits per heavy atom. The molecule has 0 radical (unpaired) electrons. The van der Waals surface area contributed by atoms with Gasteiger partial charge in [-0.2, -0.15) is 0 Å². The third-order valence-electron chi connectivity index (χ3n) is 5.30. The lowest BCUT2D eigenvalue weighted by Gasteiger charge is -2.36. The van der Waals surface area contributed by atoms with E-state index in [9.17, 15) is 4.79 Å². The zero-order valence-corrected chi connectivity index (χ0v) is 18.2. The second-order valence-corrected chi connectivity index (χ2v) is 8.81. The first kappa shape index (κ1) is 21.5. The van der Waals surface area contributed by atoms with Gasteiger partial charge in [0.15, 0.2) is 24.0 Å². The Hall–Kier alpha value is -1.71. The van der Waals surface area contributed by atoms with E-state index in [4.69, 9.17) is 28.4 Å². The van der Waals surface area contributed by atoms with Gasteiger partial charge in [-0.25, -0.2) is 0 Å². The number of carbonyl (C=O) groups excluding carboxylic acids is 1. The first-order chi connectivity index (χ1) is 14.2. The van der Waals surface area contributed by atoms with E-state index in [2.05, 4.69) is 12.2 Å². The number of fused-ring (bicyclic) bond motifs is 3. The fraction of sp³-hybridized carbons (Fsp3) is 0.682. The summed E-state index contributed by atoms with van der Waals surface area (Å²) in [4.78, 5) is 13.1. The predicted molar refractivity (Wildman–Crippen MR) is 108 cm³/mol. The second-order valence-electron chi connectivity index (χ2n) is 8.81. The fourth-order valence-corrected chi connectivity index (χ4v) is 4.01. The van der Waals surface area contributed by atoms with Gasteiger partial charge in [-0.1, -0.05) is 13.3 Å². The summed E-state index contributed by atoms with van der Waals surface area (Å²) in [5.74, 6) is -1.22. The first-order valence-electron chi connectivity index (χ1n) is 10.6. The Morgan fingerprint density at radius 2 is 1.60 bits per heavy atom. The maximum absolute atomic E-state index is 13.1. The summed E-state index contributed by atoms with van der Waals surface area (Å²) in [6.07, 6.45) is -1.05. The summed E-state index contributed by atoms with van der Waals surface area (Å²) in [5, 5.41) is 2.90. The number of benzene rings is 1. The monoisotopic (exact) mass is 421 g/mol. The lowest BCUT2D eigenvalue weighted by atomic mass is 9.98. The van der Waals surface area contributed by atoms with Gasteiger partial charge in [0.1, 0.15) is 24.1 Å². The SMILES string of the molecule is CCCCOc1ccc(NC(=O)[C@@H]2O[C@H]3OC(C)(C)O[C@@H]3[C@H]3OC(C)(C)O[C@H]32)cc1. The molecule has 0 unspecified atom stereocenters. The van der Waals surface area contributed by atoms with Crippen molar-refractivity contribution in [3.8, 4) is 5.75 Å². The molecular weight excluding hydrogens is 390 g/mol. The van der Waals surface area contributed by atoms with Crippen molar-refractivity contribution in [3.05, 3.63) is 24.3 Å². The molecule has 1 amide bonds. The van der Waals surface area contributed by atoms with Crippen LogP contribution in [0.5, 0.6) is 5.75 Å². The highest BCUT2D eigenvalue weighted by Crippen LogP contribution is 2.44. The van der Waals surface area contributed by atoms with Crippen LogP contribution >= 0.6 is 0 Å². The van der Waals surface area contributed by atoms with Crippen molar-refractivity contribution in [2.45, 2.75) is 89.7 Å². The molecule has 8 heteroatoms. The van der Waals surface area contributed by atoms with E-state index in [1.807, 2.05) is 39.8 Å². The molecule has 0 aliphatic carbocycles. The van der Waals surface area contributed by atoms with Crippen molar-refractivity contribution in [1.82, 2.24) is 0 Å².